The molecule has 0 aliphatic carbocycles. The standard InChI is InChI=1S/C12H11BrFN3OS/c1-6-10(11(15)19)12(17(2)16-6)18-9-4-3-7(14)5-8(9)13/h3-5H,1-2H3,(H2,15,19). The zero-order chi connectivity index (χ0) is 14.2. The highest BCUT2D eigenvalue weighted by molar-refractivity contribution is 9.10. The molecule has 100 valence electrons. The van der Waals surface area contributed by atoms with E-state index < -0.39 is 0 Å². The first-order valence-corrected chi connectivity index (χ1v) is 6.56. The van der Waals surface area contributed by atoms with E-state index in [4.69, 9.17) is 22.7 Å². The Morgan fingerprint density at radius 2 is 2.21 bits per heavy atom. The SMILES string of the molecule is Cc1nn(C)c(Oc2ccc(F)cc2Br)c1C(N)=S. The average Bonchev–Trinajstić information content (AvgIpc) is 2.57. The van der Waals surface area contributed by atoms with E-state index in [0.717, 1.165) is 0 Å². The van der Waals surface area contributed by atoms with Crippen molar-refractivity contribution in [1.82, 2.24) is 9.78 Å². The first-order chi connectivity index (χ1) is 8.90. The van der Waals surface area contributed by atoms with Crippen LogP contribution in [-0.4, -0.2) is 14.8 Å². The van der Waals surface area contributed by atoms with Crippen molar-refractivity contribution in [2.24, 2.45) is 12.8 Å². The average molecular weight is 344 g/mol. The summed E-state index contributed by atoms with van der Waals surface area (Å²) < 4.78 is 20.8. The smallest absolute Gasteiger partial charge is 0.228 e. The number of ether oxygens (including phenoxy) is 1. The molecule has 1 aromatic carbocycles. The van der Waals surface area contributed by atoms with Crippen LogP contribution in [0.2, 0.25) is 0 Å². The Kier molecular flexibility index (Phi) is 3.86. The molecule has 0 aliphatic heterocycles. The third kappa shape index (κ3) is 2.76. The molecule has 0 saturated carbocycles. The lowest BCUT2D eigenvalue weighted by atomic mass is 10.2. The molecule has 7 heteroatoms. The normalized spacial score (nSPS) is 10.5. The molecule has 1 heterocycles. The molecular formula is C12H11BrFN3OS. The summed E-state index contributed by atoms with van der Waals surface area (Å²) in [5.41, 5.74) is 6.93. The van der Waals surface area contributed by atoms with Crippen LogP contribution in [0.3, 0.4) is 0 Å². The van der Waals surface area contributed by atoms with Crippen molar-refractivity contribution in [3.05, 3.63) is 39.7 Å². The van der Waals surface area contributed by atoms with Crippen LogP contribution in [0.1, 0.15) is 11.3 Å². The third-order valence-corrected chi connectivity index (χ3v) is 3.34. The number of aryl methyl sites for hydroxylation is 2. The Balaban J connectivity index is 2.46. The summed E-state index contributed by atoms with van der Waals surface area (Å²) in [5.74, 6) is 0.536. The van der Waals surface area contributed by atoms with Crippen molar-refractivity contribution in [3.63, 3.8) is 0 Å². The van der Waals surface area contributed by atoms with Gasteiger partial charge in [0.25, 0.3) is 0 Å². The topological polar surface area (TPSA) is 53.1 Å². The van der Waals surface area contributed by atoms with Gasteiger partial charge in [-0.3, -0.25) is 0 Å². The number of aromatic nitrogens is 2. The minimum absolute atomic E-state index is 0.207. The number of nitrogens with two attached hydrogens (primary N) is 1. The quantitative estimate of drug-likeness (QED) is 0.870. The Hall–Kier alpha value is -1.47. The van der Waals surface area contributed by atoms with Gasteiger partial charge in [-0.1, -0.05) is 12.2 Å². The Morgan fingerprint density at radius 3 is 2.79 bits per heavy atom. The first kappa shape index (κ1) is 14.0. The molecule has 2 N–H and O–H groups in total. The van der Waals surface area contributed by atoms with E-state index in [1.807, 2.05) is 0 Å². The fourth-order valence-corrected chi connectivity index (χ4v) is 2.37. The number of rotatable bonds is 3. The van der Waals surface area contributed by atoms with Gasteiger partial charge in [-0.2, -0.15) is 5.10 Å². The van der Waals surface area contributed by atoms with Gasteiger partial charge >= 0.3 is 0 Å². The molecule has 0 bridgehead atoms. The lowest BCUT2D eigenvalue weighted by Gasteiger charge is -2.09. The van der Waals surface area contributed by atoms with E-state index in [0.29, 0.717) is 27.4 Å². The second-order valence-electron chi connectivity index (χ2n) is 3.93. The maximum atomic E-state index is 13.0. The molecule has 4 nitrogen and oxygen atoms in total. The predicted molar refractivity (Wildman–Crippen MR) is 78.0 cm³/mol. The number of hydrogen-bond donors (Lipinski definition) is 1. The van der Waals surface area contributed by atoms with Crippen LogP contribution in [0.15, 0.2) is 22.7 Å². The first-order valence-electron chi connectivity index (χ1n) is 5.36. The summed E-state index contributed by atoms with van der Waals surface area (Å²) in [4.78, 5) is 0.207. The van der Waals surface area contributed by atoms with E-state index in [1.165, 1.54) is 18.2 Å². The fraction of sp³-hybridized carbons (Fsp3) is 0.167. The highest BCUT2D eigenvalue weighted by atomic mass is 79.9. The van der Waals surface area contributed by atoms with Crippen LogP contribution in [0, 0.1) is 12.7 Å². The van der Waals surface area contributed by atoms with Crippen LogP contribution in [0.25, 0.3) is 0 Å². The van der Waals surface area contributed by atoms with Gasteiger partial charge in [-0.05, 0) is 41.1 Å². The number of thiocarbonyl (C=S) groups is 1. The summed E-state index contributed by atoms with van der Waals surface area (Å²) >= 11 is 8.23. The lowest BCUT2D eigenvalue weighted by molar-refractivity contribution is 0.426. The molecule has 0 amide bonds. The summed E-state index contributed by atoms with van der Waals surface area (Å²) in [5, 5.41) is 4.21. The number of hydrogen-bond acceptors (Lipinski definition) is 3. The second-order valence-corrected chi connectivity index (χ2v) is 5.22. The zero-order valence-electron chi connectivity index (χ0n) is 10.3. The summed E-state index contributed by atoms with van der Waals surface area (Å²) in [7, 11) is 1.72. The predicted octanol–water partition coefficient (Wildman–Crippen LogP) is 3.06. The zero-order valence-corrected chi connectivity index (χ0v) is 12.7. The van der Waals surface area contributed by atoms with E-state index in [2.05, 4.69) is 21.0 Å². The van der Waals surface area contributed by atoms with Gasteiger partial charge in [-0.25, -0.2) is 9.07 Å². The van der Waals surface area contributed by atoms with E-state index >= 15 is 0 Å². The van der Waals surface area contributed by atoms with Gasteiger partial charge < -0.3 is 10.5 Å². The minimum Gasteiger partial charge on any atom is -0.437 e. The second kappa shape index (κ2) is 5.26. The van der Waals surface area contributed by atoms with Crippen LogP contribution in [0.4, 0.5) is 4.39 Å². The molecule has 0 atom stereocenters. The van der Waals surface area contributed by atoms with E-state index in [-0.39, 0.29) is 10.8 Å². The molecule has 2 rings (SSSR count). The van der Waals surface area contributed by atoms with Crippen LogP contribution >= 0.6 is 28.1 Å². The minimum atomic E-state index is -0.352. The molecule has 0 saturated heterocycles. The number of halogens is 2. The molecule has 0 spiro atoms. The maximum Gasteiger partial charge on any atom is 0.228 e. The largest absolute Gasteiger partial charge is 0.437 e. The molecule has 0 radical (unpaired) electrons. The van der Waals surface area contributed by atoms with Crippen molar-refractivity contribution in [3.8, 4) is 11.6 Å². The summed E-state index contributed by atoms with van der Waals surface area (Å²) in [6.45, 7) is 1.79. The number of benzene rings is 1. The van der Waals surface area contributed by atoms with Gasteiger partial charge in [0.05, 0.1) is 15.7 Å². The van der Waals surface area contributed by atoms with E-state index in [1.54, 1.807) is 18.7 Å². The molecule has 1 aromatic heterocycles. The monoisotopic (exact) mass is 343 g/mol. The van der Waals surface area contributed by atoms with Gasteiger partial charge in [0, 0.05) is 7.05 Å². The van der Waals surface area contributed by atoms with Crippen molar-refractivity contribution >= 4 is 33.1 Å². The number of nitrogens with zero attached hydrogens (tertiary/aromatic N) is 2. The Bertz CT molecular complexity index is 657. The van der Waals surface area contributed by atoms with E-state index in [9.17, 15) is 4.39 Å². The Labute approximate surface area is 123 Å². The molecule has 0 unspecified atom stereocenters. The van der Waals surface area contributed by atoms with Gasteiger partial charge in [0.1, 0.15) is 16.6 Å². The molecule has 2 aromatic rings. The maximum absolute atomic E-state index is 13.0. The molecule has 19 heavy (non-hydrogen) atoms. The summed E-state index contributed by atoms with van der Waals surface area (Å²) in [6.07, 6.45) is 0. The third-order valence-electron chi connectivity index (χ3n) is 2.52. The van der Waals surface area contributed by atoms with Crippen molar-refractivity contribution in [2.75, 3.05) is 0 Å². The molecule has 0 aliphatic rings. The highest BCUT2D eigenvalue weighted by Crippen LogP contribution is 2.32. The Morgan fingerprint density at radius 1 is 1.53 bits per heavy atom. The van der Waals surface area contributed by atoms with Crippen molar-refractivity contribution in [1.29, 1.82) is 0 Å². The van der Waals surface area contributed by atoms with Gasteiger partial charge in [0.2, 0.25) is 5.88 Å². The van der Waals surface area contributed by atoms with Crippen LogP contribution < -0.4 is 10.5 Å². The van der Waals surface area contributed by atoms with Crippen molar-refractivity contribution < 1.29 is 9.13 Å². The highest BCUT2D eigenvalue weighted by Gasteiger charge is 2.18. The van der Waals surface area contributed by atoms with Gasteiger partial charge in [0.15, 0.2) is 0 Å². The molecular weight excluding hydrogens is 333 g/mol. The molecule has 0 fully saturated rings. The lowest BCUT2D eigenvalue weighted by Crippen LogP contribution is -2.11. The van der Waals surface area contributed by atoms with Crippen LogP contribution in [0.5, 0.6) is 11.6 Å². The fourth-order valence-electron chi connectivity index (χ4n) is 1.70. The summed E-state index contributed by atoms with van der Waals surface area (Å²) in [6, 6.07) is 4.15. The van der Waals surface area contributed by atoms with Crippen molar-refractivity contribution in [2.45, 2.75) is 6.92 Å². The van der Waals surface area contributed by atoms with Gasteiger partial charge in [-0.15, -0.1) is 0 Å². The van der Waals surface area contributed by atoms with Crippen LogP contribution in [-0.2, 0) is 7.05 Å².